The van der Waals surface area contributed by atoms with Crippen LogP contribution in [0.5, 0.6) is 0 Å². The monoisotopic (exact) mass is 222 g/mol. The molecule has 0 aliphatic heterocycles. The molecule has 3 rings (SSSR count). The van der Waals surface area contributed by atoms with Crippen LogP contribution in [-0.2, 0) is 6.54 Å². The summed E-state index contributed by atoms with van der Waals surface area (Å²) in [5.41, 5.74) is 3.64. The maximum Gasteiger partial charge on any atom is 0.0454 e. The molecule has 2 aromatic carbocycles. The van der Waals surface area contributed by atoms with E-state index in [4.69, 9.17) is 0 Å². The van der Waals surface area contributed by atoms with Gasteiger partial charge in [-0.05, 0) is 41.3 Å². The number of rotatable bonds is 3. The summed E-state index contributed by atoms with van der Waals surface area (Å²) in [6.45, 7) is 0.852. The van der Waals surface area contributed by atoms with Gasteiger partial charge in [-0.15, -0.1) is 0 Å². The first-order valence-electron chi connectivity index (χ1n) is 5.77. The Morgan fingerprint density at radius 2 is 1.82 bits per heavy atom. The summed E-state index contributed by atoms with van der Waals surface area (Å²) in [4.78, 5) is 3.20. The van der Waals surface area contributed by atoms with Crippen LogP contribution in [0.3, 0.4) is 0 Å². The van der Waals surface area contributed by atoms with Crippen molar-refractivity contribution in [2.24, 2.45) is 0 Å². The quantitative estimate of drug-likeness (QED) is 0.693. The standard InChI is InChI=1S/C15H14N2/c1-2-4-14(5-3-1)17-11-12-6-7-15-13(10-12)8-9-16-15/h1-10,16-17H,11H2. The number of aromatic nitrogens is 1. The molecule has 17 heavy (non-hydrogen) atoms. The number of H-pyrrole nitrogens is 1. The van der Waals surface area contributed by atoms with Gasteiger partial charge in [-0.3, -0.25) is 0 Å². The summed E-state index contributed by atoms with van der Waals surface area (Å²) in [5, 5.41) is 4.67. The number of aromatic amines is 1. The second-order valence-electron chi connectivity index (χ2n) is 4.12. The first-order valence-corrected chi connectivity index (χ1v) is 5.77. The molecule has 0 aliphatic carbocycles. The minimum atomic E-state index is 0.852. The molecular weight excluding hydrogens is 208 g/mol. The third kappa shape index (κ3) is 2.16. The number of hydrogen-bond acceptors (Lipinski definition) is 1. The maximum absolute atomic E-state index is 3.41. The van der Waals surface area contributed by atoms with Crippen LogP contribution in [0.25, 0.3) is 10.9 Å². The predicted molar refractivity (Wildman–Crippen MR) is 72.1 cm³/mol. The summed E-state index contributed by atoms with van der Waals surface area (Å²) in [5.74, 6) is 0. The predicted octanol–water partition coefficient (Wildman–Crippen LogP) is 3.78. The fourth-order valence-electron chi connectivity index (χ4n) is 1.97. The van der Waals surface area contributed by atoms with E-state index in [-0.39, 0.29) is 0 Å². The van der Waals surface area contributed by atoms with Gasteiger partial charge in [0.15, 0.2) is 0 Å². The number of hydrogen-bond donors (Lipinski definition) is 2. The minimum absolute atomic E-state index is 0.852. The van der Waals surface area contributed by atoms with Crippen molar-refractivity contribution in [2.75, 3.05) is 5.32 Å². The molecule has 84 valence electrons. The summed E-state index contributed by atoms with van der Waals surface area (Å²) in [7, 11) is 0. The summed E-state index contributed by atoms with van der Waals surface area (Å²) in [6, 6.07) is 18.8. The van der Waals surface area contributed by atoms with Crippen molar-refractivity contribution < 1.29 is 0 Å². The number of para-hydroxylation sites is 1. The molecule has 0 fully saturated rings. The van der Waals surface area contributed by atoms with Gasteiger partial charge in [-0.25, -0.2) is 0 Å². The molecule has 0 saturated heterocycles. The van der Waals surface area contributed by atoms with E-state index in [1.54, 1.807) is 0 Å². The van der Waals surface area contributed by atoms with Crippen LogP contribution in [0.4, 0.5) is 5.69 Å². The van der Waals surface area contributed by atoms with Crippen LogP contribution in [0.2, 0.25) is 0 Å². The molecular formula is C15H14N2. The third-order valence-electron chi connectivity index (χ3n) is 2.89. The van der Waals surface area contributed by atoms with Gasteiger partial charge in [-0.1, -0.05) is 24.3 Å². The second kappa shape index (κ2) is 4.34. The summed E-state index contributed by atoms with van der Waals surface area (Å²) in [6.07, 6.45) is 1.97. The zero-order valence-corrected chi connectivity index (χ0v) is 9.48. The van der Waals surface area contributed by atoms with E-state index in [0.29, 0.717) is 0 Å². The summed E-state index contributed by atoms with van der Waals surface area (Å²) < 4.78 is 0. The molecule has 1 heterocycles. The normalized spacial score (nSPS) is 10.6. The SMILES string of the molecule is c1ccc(NCc2ccc3[nH]ccc3c2)cc1. The molecule has 0 aliphatic rings. The van der Waals surface area contributed by atoms with Crippen LogP contribution < -0.4 is 5.32 Å². The molecule has 0 unspecified atom stereocenters. The highest BCUT2D eigenvalue weighted by Crippen LogP contribution is 2.15. The molecule has 0 amide bonds. The van der Waals surface area contributed by atoms with E-state index in [1.165, 1.54) is 16.5 Å². The smallest absolute Gasteiger partial charge is 0.0454 e. The molecule has 0 saturated carbocycles. The molecule has 0 spiro atoms. The van der Waals surface area contributed by atoms with Crippen LogP contribution in [-0.4, -0.2) is 4.98 Å². The van der Waals surface area contributed by atoms with Gasteiger partial charge in [0.2, 0.25) is 0 Å². The lowest BCUT2D eigenvalue weighted by molar-refractivity contribution is 1.15. The van der Waals surface area contributed by atoms with Crippen molar-refractivity contribution in [1.29, 1.82) is 0 Å². The van der Waals surface area contributed by atoms with Crippen molar-refractivity contribution in [3.05, 3.63) is 66.4 Å². The lowest BCUT2D eigenvalue weighted by atomic mass is 10.1. The highest BCUT2D eigenvalue weighted by atomic mass is 14.9. The van der Waals surface area contributed by atoms with Gasteiger partial charge >= 0.3 is 0 Å². The number of anilines is 1. The fraction of sp³-hybridized carbons (Fsp3) is 0.0667. The molecule has 2 heteroatoms. The van der Waals surface area contributed by atoms with Crippen molar-refractivity contribution in [3.8, 4) is 0 Å². The Hall–Kier alpha value is -2.22. The molecule has 2 N–H and O–H groups in total. The molecule has 0 atom stereocenters. The van der Waals surface area contributed by atoms with E-state index < -0.39 is 0 Å². The Labute approximate surface area is 100 Å². The number of nitrogens with one attached hydrogen (secondary N) is 2. The van der Waals surface area contributed by atoms with E-state index in [2.05, 4.69) is 46.7 Å². The topological polar surface area (TPSA) is 27.8 Å². The van der Waals surface area contributed by atoms with Gasteiger partial charge in [-0.2, -0.15) is 0 Å². The van der Waals surface area contributed by atoms with Gasteiger partial charge in [0, 0.05) is 23.9 Å². The molecule has 0 bridgehead atoms. The van der Waals surface area contributed by atoms with Crippen LogP contribution in [0.15, 0.2) is 60.8 Å². The molecule has 1 aromatic heterocycles. The van der Waals surface area contributed by atoms with Crippen molar-refractivity contribution in [3.63, 3.8) is 0 Å². The van der Waals surface area contributed by atoms with Gasteiger partial charge < -0.3 is 10.3 Å². The number of fused-ring (bicyclic) bond motifs is 1. The van der Waals surface area contributed by atoms with Gasteiger partial charge in [0.25, 0.3) is 0 Å². The lowest BCUT2D eigenvalue weighted by Gasteiger charge is -2.06. The fourth-order valence-corrected chi connectivity index (χ4v) is 1.97. The highest BCUT2D eigenvalue weighted by molar-refractivity contribution is 5.79. The van der Waals surface area contributed by atoms with Gasteiger partial charge in [0.1, 0.15) is 0 Å². The van der Waals surface area contributed by atoms with Gasteiger partial charge in [0.05, 0.1) is 0 Å². The van der Waals surface area contributed by atoms with Crippen LogP contribution >= 0.6 is 0 Å². The Morgan fingerprint density at radius 1 is 0.941 bits per heavy atom. The first-order chi connectivity index (χ1) is 8.42. The Balaban J connectivity index is 1.76. The van der Waals surface area contributed by atoms with E-state index in [9.17, 15) is 0 Å². The van der Waals surface area contributed by atoms with E-state index in [0.717, 1.165) is 12.2 Å². The largest absolute Gasteiger partial charge is 0.381 e. The average Bonchev–Trinajstić information content (AvgIpc) is 2.85. The zero-order valence-electron chi connectivity index (χ0n) is 9.48. The molecule has 2 nitrogen and oxygen atoms in total. The second-order valence-corrected chi connectivity index (χ2v) is 4.12. The molecule has 0 radical (unpaired) electrons. The van der Waals surface area contributed by atoms with Crippen molar-refractivity contribution >= 4 is 16.6 Å². The van der Waals surface area contributed by atoms with E-state index >= 15 is 0 Å². The van der Waals surface area contributed by atoms with E-state index in [1.807, 2.05) is 24.4 Å². The minimum Gasteiger partial charge on any atom is -0.381 e. The molecule has 3 aromatic rings. The van der Waals surface area contributed by atoms with Crippen molar-refractivity contribution in [1.82, 2.24) is 4.98 Å². The Bertz CT molecular complexity index is 611. The Morgan fingerprint density at radius 3 is 2.71 bits per heavy atom. The third-order valence-corrected chi connectivity index (χ3v) is 2.89. The zero-order chi connectivity index (χ0) is 11.5. The average molecular weight is 222 g/mol. The maximum atomic E-state index is 3.41. The van der Waals surface area contributed by atoms with Crippen LogP contribution in [0, 0.1) is 0 Å². The van der Waals surface area contributed by atoms with Crippen molar-refractivity contribution in [2.45, 2.75) is 6.54 Å². The lowest BCUT2D eigenvalue weighted by Crippen LogP contribution is -1.98. The summed E-state index contributed by atoms with van der Waals surface area (Å²) >= 11 is 0. The highest BCUT2D eigenvalue weighted by Gasteiger charge is 1.97. The first kappa shape index (κ1) is 9.97. The number of benzene rings is 2. The Kier molecular flexibility index (Phi) is 2.54. The van der Waals surface area contributed by atoms with Crippen LogP contribution in [0.1, 0.15) is 5.56 Å².